The van der Waals surface area contributed by atoms with Gasteiger partial charge in [0.05, 0.1) is 0 Å². The van der Waals surface area contributed by atoms with Crippen LogP contribution in [0.1, 0.15) is 273 Å². The Balaban J connectivity index is -0.000000229. The molecule has 1 unspecified atom stereocenters. The molecule has 0 aromatic carbocycles. The zero-order valence-electron chi connectivity index (χ0n) is 37.8. The summed E-state index contributed by atoms with van der Waals surface area (Å²) < 4.78 is 0. The second-order valence-corrected chi connectivity index (χ2v) is 15.8. The van der Waals surface area contributed by atoms with E-state index in [1.54, 1.807) is 0 Å². The zero-order valence-corrected chi connectivity index (χ0v) is 40.1. The Bertz CT molecular complexity index is 464. The van der Waals surface area contributed by atoms with Crippen molar-refractivity contribution in [3.05, 3.63) is 10.6 Å². The fraction of sp³-hybridized carbons (Fsp3) is 1.00. The van der Waals surface area contributed by atoms with E-state index in [4.69, 9.17) is 5.11 Å². The van der Waals surface area contributed by atoms with E-state index in [2.05, 4.69) is 52.2 Å². The van der Waals surface area contributed by atoms with Crippen LogP contribution in [-0.4, -0.2) is 37.9 Å². The number of unbranched alkanes of at least 4 members (excludes halogenated alkanes) is 29. The smallest absolute Gasteiger partial charge is 1.00 e. The van der Waals surface area contributed by atoms with Gasteiger partial charge in [-0.2, -0.15) is 0 Å². The molecule has 322 valence electrons. The van der Waals surface area contributed by atoms with Crippen molar-refractivity contribution in [2.75, 3.05) is 32.8 Å². The quantitative estimate of drug-likeness (QED) is 0.0485. The molecule has 0 fully saturated rings. The molecule has 3 nitrogen and oxygen atoms in total. The van der Waals surface area contributed by atoms with E-state index in [0.29, 0.717) is 12.5 Å². The van der Waals surface area contributed by atoms with Crippen LogP contribution in [0.4, 0.5) is 0 Å². The second kappa shape index (κ2) is 64.8. The van der Waals surface area contributed by atoms with Gasteiger partial charge in [-0.25, -0.2) is 0 Å². The Hall–Kier alpha value is 0.884. The van der Waals surface area contributed by atoms with Gasteiger partial charge in [-0.05, 0) is 12.3 Å². The molecule has 0 aliphatic carbocycles. The Kier molecular flexibility index (Phi) is 77.1. The van der Waals surface area contributed by atoms with Gasteiger partial charge in [0, 0.05) is 6.61 Å². The molecule has 53 heavy (non-hydrogen) atoms. The Morgan fingerprint density at radius 3 is 0.717 bits per heavy atom. The summed E-state index contributed by atoms with van der Waals surface area (Å²) in [7, 11) is 0. The maximum Gasteiger partial charge on any atom is 2.00 e. The zero-order chi connectivity index (χ0) is 38.0. The number of hydrogen-bond acceptors (Lipinski definition) is 1. The number of halogens is 1. The van der Waals surface area contributed by atoms with E-state index in [0.717, 1.165) is 32.6 Å². The Morgan fingerprint density at radius 2 is 0.528 bits per heavy atom. The predicted octanol–water partition coefficient (Wildman–Crippen LogP) is 14.5. The van der Waals surface area contributed by atoms with E-state index in [9.17, 15) is 0 Å². The van der Waals surface area contributed by atoms with Gasteiger partial charge in [-0.1, -0.05) is 266 Å². The molecule has 0 aromatic heterocycles. The van der Waals surface area contributed by atoms with Gasteiger partial charge in [-0.3, -0.25) is 0 Å². The summed E-state index contributed by atoms with van der Waals surface area (Å²) in [4.78, 5) is 0. The minimum Gasteiger partial charge on any atom is -1.00 e. The molecule has 0 rings (SSSR count). The average molecular weight is 807 g/mol. The third-order valence-electron chi connectivity index (χ3n) is 10.5. The first-order valence-corrected chi connectivity index (χ1v) is 24.0. The van der Waals surface area contributed by atoms with Crippen molar-refractivity contribution < 1.29 is 39.2 Å². The second-order valence-electron chi connectivity index (χ2n) is 15.8. The van der Waals surface area contributed by atoms with Crippen LogP contribution in [0.15, 0.2) is 0 Å². The Morgan fingerprint density at radius 1 is 0.321 bits per heavy atom. The van der Waals surface area contributed by atoms with E-state index in [1.165, 1.54) is 225 Å². The van der Waals surface area contributed by atoms with Crippen LogP contribution in [0.5, 0.6) is 0 Å². The van der Waals surface area contributed by atoms with Gasteiger partial charge < -0.3 is 28.1 Å². The van der Waals surface area contributed by atoms with Crippen molar-refractivity contribution >= 4 is 0 Å². The third-order valence-corrected chi connectivity index (χ3v) is 10.5. The molecular formula is C48H102ClN2OTi-. The van der Waals surface area contributed by atoms with Gasteiger partial charge >= 0.3 is 21.7 Å². The SMILES string of the molecule is CCCCC(CC)CO.CCCCCCCCCC[N-]CCCCCCCCCC.CCCCCCCCCC[N-]CCCCCCCCCC.[Cl-].[Ti+2]. The molecule has 0 aliphatic heterocycles. The minimum atomic E-state index is 0. The van der Waals surface area contributed by atoms with Gasteiger partial charge in [-0.15, -0.1) is 26.2 Å². The molecule has 0 aliphatic rings. The fourth-order valence-electron chi connectivity index (χ4n) is 6.57. The van der Waals surface area contributed by atoms with Gasteiger partial charge in [0.1, 0.15) is 0 Å². The minimum absolute atomic E-state index is 0. The molecule has 1 N–H and O–H groups in total. The topological polar surface area (TPSA) is 48.4 Å². The summed E-state index contributed by atoms with van der Waals surface area (Å²) in [6.45, 7) is 18.3. The maximum absolute atomic E-state index is 8.75. The summed E-state index contributed by atoms with van der Waals surface area (Å²) in [5.41, 5.74) is 0. The molecule has 0 radical (unpaired) electrons. The van der Waals surface area contributed by atoms with E-state index in [1.807, 2.05) is 0 Å². The van der Waals surface area contributed by atoms with Gasteiger partial charge in [0.25, 0.3) is 0 Å². The third kappa shape index (κ3) is 68.0. The fourth-order valence-corrected chi connectivity index (χ4v) is 6.57. The first kappa shape index (κ1) is 63.1. The molecule has 0 heterocycles. The van der Waals surface area contributed by atoms with Crippen molar-refractivity contribution in [3.63, 3.8) is 0 Å². The monoisotopic (exact) mass is 806 g/mol. The number of rotatable bonds is 41. The van der Waals surface area contributed by atoms with Crippen LogP contribution in [0, 0.1) is 5.92 Å². The number of aliphatic hydroxyl groups excluding tert-OH is 1. The van der Waals surface area contributed by atoms with E-state index >= 15 is 0 Å². The largest absolute Gasteiger partial charge is 2.00 e. The molecule has 0 bridgehead atoms. The molecule has 1 atom stereocenters. The summed E-state index contributed by atoms with van der Waals surface area (Å²) in [6, 6.07) is 0. The standard InChI is InChI=1S/2C20H42N.C8H18O.ClH.Ti/c2*1-3-5-7-9-11-13-15-17-19-21-20-18-16-14-12-10-8-6-4-2;1-3-5-6-8(4-2)7-9;;/h2*3-20H2,1-2H3;8-9H,3-7H2,1-2H3;1H;/q2*-1;;;+2/p-1. The van der Waals surface area contributed by atoms with Crippen molar-refractivity contribution in [1.82, 2.24) is 0 Å². The van der Waals surface area contributed by atoms with Crippen LogP contribution in [0.25, 0.3) is 10.6 Å². The summed E-state index contributed by atoms with van der Waals surface area (Å²) in [5.74, 6) is 0.560. The number of aliphatic hydroxyl groups is 1. The Labute approximate surface area is 359 Å². The van der Waals surface area contributed by atoms with Crippen LogP contribution in [0.3, 0.4) is 0 Å². The van der Waals surface area contributed by atoms with Gasteiger partial charge in [0.2, 0.25) is 0 Å². The molecule has 0 saturated heterocycles. The molecule has 5 heteroatoms. The first-order valence-electron chi connectivity index (χ1n) is 24.0. The van der Waals surface area contributed by atoms with E-state index in [-0.39, 0.29) is 34.1 Å². The van der Waals surface area contributed by atoms with Crippen LogP contribution < -0.4 is 12.4 Å². The first-order chi connectivity index (χ1) is 25.2. The summed E-state index contributed by atoms with van der Waals surface area (Å²) in [6.07, 6.45) is 49.9. The molecule has 0 spiro atoms. The van der Waals surface area contributed by atoms with Crippen molar-refractivity contribution in [2.24, 2.45) is 5.92 Å². The summed E-state index contributed by atoms with van der Waals surface area (Å²) in [5, 5.41) is 18.1. The molecule has 0 aromatic rings. The van der Waals surface area contributed by atoms with Crippen LogP contribution >= 0.6 is 0 Å². The van der Waals surface area contributed by atoms with E-state index < -0.39 is 0 Å². The molecular weight excluding hydrogens is 704 g/mol. The normalized spacial score (nSPS) is 11.2. The van der Waals surface area contributed by atoms with Crippen LogP contribution in [0.2, 0.25) is 0 Å². The van der Waals surface area contributed by atoms with Crippen molar-refractivity contribution in [3.8, 4) is 0 Å². The van der Waals surface area contributed by atoms with Gasteiger partial charge in [0.15, 0.2) is 0 Å². The van der Waals surface area contributed by atoms with Crippen molar-refractivity contribution in [2.45, 2.75) is 273 Å². The van der Waals surface area contributed by atoms with Crippen LogP contribution in [-0.2, 0) is 21.7 Å². The molecule has 0 amide bonds. The average Bonchev–Trinajstić information content (AvgIpc) is 3.15. The predicted molar refractivity (Wildman–Crippen MR) is 237 cm³/mol. The number of hydrogen-bond donors (Lipinski definition) is 1. The van der Waals surface area contributed by atoms with Crippen molar-refractivity contribution in [1.29, 1.82) is 0 Å². The molecule has 0 saturated carbocycles. The summed E-state index contributed by atoms with van der Waals surface area (Å²) >= 11 is 0. The maximum atomic E-state index is 8.75. The number of nitrogens with zero attached hydrogens (tertiary/aromatic N) is 2.